The normalized spacial score (nSPS) is 13.5. The Bertz CT molecular complexity index is 550. The van der Waals surface area contributed by atoms with Gasteiger partial charge in [-0.2, -0.15) is 0 Å². The number of amides is 2. The molecule has 1 aliphatic carbocycles. The molecule has 5 nitrogen and oxygen atoms in total. The van der Waals surface area contributed by atoms with E-state index in [9.17, 15) is 9.59 Å². The van der Waals surface area contributed by atoms with Crippen LogP contribution < -0.4 is 10.2 Å². The summed E-state index contributed by atoms with van der Waals surface area (Å²) in [7, 11) is 4.02. The van der Waals surface area contributed by atoms with Crippen molar-refractivity contribution in [2.24, 2.45) is 5.92 Å². The Balaban J connectivity index is 1.94. The second kappa shape index (κ2) is 8.71. The van der Waals surface area contributed by atoms with Gasteiger partial charge in [-0.15, -0.1) is 0 Å². The number of hydrogen-bond donors (Lipinski definition) is 1. The molecule has 1 fully saturated rings. The van der Waals surface area contributed by atoms with E-state index in [-0.39, 0.29) is 18.4 Å². The first-order valence-electron chi connectivity index (χ1n) is 8.80. The second-order valence-corrected chi connectivity index (χ2v) is 6.81. The van der Waals surface area contributed by atoms with E-state index < -0.39 is 0 Å². The minimum absolute atomic E-state index is 0.00281. The smallest absolute Gasteiger partial charge is 0.242 e. The van der Waals surface area contributed by atoms with Gasteiger partial charge in [-0.25, -0.2) is 0 Å². The molecule has 2 rings (SSSR count). The lowest BCUT2D eigenvalue weighted by Crippen LogP contribution is -2.40. The maximum Gasteiger partial charge on any atom is 0.242 e. The van der Waals surface area contributed by atoms with E-state index >= 15 is 0 Å². The first kappa shape index (κ1) is 18.3. The van der Waals surface area contributed by atoms with Crippen molar-refractivity contribution in [1.82, 2.24) is 10.2 Å². The van der Waals surface area contributed by atoms with E-state index in [0.717, 1.165) is 24.2 Å². The van der Waals surface area contributed by atoms with Crippen LogP contribution in [0.2, 0.25) is 0 Å². The molecule has 0 radical (unpaired) electrons. The molecule has 0 aliphatic heterocycles. The van der Waals surface area contributed by atoms with Crippen LogP contribution in [0.5, 0.6) is 0 Å². The molecular weight excluding hydrogens is 302 g/mol. The van der Waals surface area contributed by atoms with Crippen LogP contribution in [-0.4, -0.2) is 43.9 Å². The fraction of sp³-hybridized carbons (Fsp3) is 0.579. The standard InChI is InChI=1S/C19H29N3O2/c1-4-5-18(23)20-12-19(24)22(13-15-6-7-15)14-16-8-10-17(11-9-16)21(2)3/h8-11,15H,4-7,12-14H2,1-3H3,(H,20,23). The summed E-state index contributed by atoms with van der Waals surface area (Å²) in [6, 6.07) is 8.27. The number of carbonyl (C=O) groups is 2. The number of carbonyl (C=O) groups excluding carboxylic acids is 2. The average Bonchev–Trinajstić information content (AvgIpc) is 3.37. The molecular formula is C19H29N3O2. The SMILES string of the molecule is CCCC(=O)NCC(=O)N(Cc1ccc(N(C)C)cc1)CC1CC1. The largest absolute Gasteiger partial charge is 0.378 e. The third-order valence-corrected chi connectivity index (χ3v) is 4.27. The van der Waals surface area contributed by atoms with E-state index in [1.165, 1.54) is 12.8 Å². The molecule has 0 atom stereocenters. The molecule has 1 aliphatic rings. The maximum absolute atomic E-state index is 12.5. The molecule has 0 spiro atoms. The Morgan fingerprint density at radius 3 is 2.38 bits per heavy atom. The molecule has 1 aromatic rings. The monoisotopic (exact) mass is 331 g/mol. The zero-order chi connectivity index (χ0) is 17.5. The fourth-order valence-electron chi connectivity index (χ4n) is 2.59. The van der Waals surface area contributed by atoms with Crippen molar-refractivity contribution >= 4 is 17.5 Å². The van der Waals surface area contributed by atoms with Gasteiger partial charge < -0.3 is 15.1 Å². The molecule has 24 heavy (non-hydrogen) atoms. The Labute approximate surface area is 145 Å². The minimum Gasteiger partial charge on any atom is -0.378 e. The molecule has 0 bridgehead atoms. The quantitative estimate of drug-likeness (QED) is 0.756. The van der Waals surface area contributed by atoms with Crippen molar-refractivity contribution in [3.8, 4) is 0 Å². The van der Waals surface area contributed by atoms with Crippen LogP contribution >= 0.6 is 0 Å². The Morgan fingerprint density at radius 1 is 1.17 bits per heavy atom. The highest BCUT2D eigenvalue weighted by Gasteiger charge is 2.26. The molecule has 5 heteroatoms. The maximum atomic E-state index is 12.5. The van der Waals surface area contributed by atoms with Gasteiger partial charge in [0.1, 0.15) is 0 Å². The summed E-state index contributed by atoms with van der Waals surface area (Å²) in [6.07, 6.45) is 3.67. The zero-order valence-corrected chi connectivity index (χ0v) is 15.0. The molecule has 1 saturated carbocycles. The van der Waals surface area contributed by atoms with E-state index in [1.807, 2.05) is 25.9 Å². The number of nitrogens with zero attached hydrogens (tertiary/aromatic N) is 2. The number of rotatable bonds is 9. The molecule has 1 aromatic carbocycles. The van der Waals surface area contributed by atoms with Crippen molar-refractivity contribution in [2.45, 2.75) is 39.2 Å². The van der Waals surface area contributed by atoms with Gasteiger partial charge in [-0.3, -0.25) is 9.59 Å². The lowest BCUT2D eigenvalue weighted by molar-refractivity contribution is -0.133. The topological polar surface area (TPSA) is 52.7 Å². The Kier molecular flexibility index (Phi) is 6.64. The van der Waals surface area contributed by atoms with Crippen molar-refractivity contribution in [2.75, 3.05) is 32.1 Å². The molecule has 1 N–H and O–H groups in total. The van der Waals surface area contributed by atoms with Crippen molar-refractivity contribution < 1.29 is 9.59 Å². The van der Waals surface area contributed by atoms with Gasteiger partial charge in [-0.05, 0) is 42.9 Å². The van der Waals surface area contributed by atoms with E-state index in [4.69, 9.17) is 0 Å². The molecule has 0 saturated heterocycles. The average molecular weight is 331 g/mol. The van der Waals surface area contributed by atoms with Gasteiger partial charge in [0.2, 0.25) is 11.8 Å². The van der Waals surface area contributed by atoms with Gasteiger partial charge in [-0.1, -0.05) is 19.1 Å². The Hall–Kier alpha value is -2.04. The lowest BCUT2D eigenvalue weighted by Gasteiger charge is -2.23. The van der Waals surface area contributed by atoms with Crippen LogP contribution in [0.3, 0.4) is 0 Å². The molecule has 2 amide bonds. The second-order valence-electron chi connectivity index (χ2n) is 6.81. The summed E-state index contributed by atoms with van der Waals surface area (Å²) in [4.78, 5) is 28.0. The summed E-state index contributed by atoms with van der Waals surface area (Å²) in [5.41, 5.74) is 2.26. The number of benzene rings is 1. The highest BCUT2D eigenvalue weighted by atomic mass is 16.2. The summed E-state index contributed by atoms with van der Waals surface area (Å²) in [6.45, 7) is 3.45. The van der Waals surface area contributed by atoms with Gasteiger partial charge in [0, 0.05) is 39.3 Å². The third kappa shape index (κ3) is 5.87. The first-order valence-corrected chi connectivity index (χ1v) is 8.80. The van der Waals surface area contributed by atoms with Crippen LogP contribution in [0.4, 0.5) is 5.69 Å². The fourth-order valence-corrected chi connectivity index (χ4v) is 2.59. The van der Waals surface area contributed by atoms with Gasteiger partial charge >= 0.3 is 0 Å². The number of anilines is 1. The zero-order valence-electron chi connectivity index (χ0n) is 15.0. The number of nitrogens with one attached hydrogen (secondary N) is 1. The summed E-state index contributed by atoms with van der Waals surface area (Å²) < 4.78 is 0. The minimum atomic E-state index is -0.0486. The van der Waals surface area contributed by atoms with Gasteiger partial charge in [0.25, 0.3) is 0 Å². The highest BCUT2D eigenvalue weighted by molar-refractivity contribution is 5.84. The first-order chi connectivity index (χ1) is 11.5. The number of hydrogen-bond acceptors (Lipinski definition) is 3. The highest BCUT2D eigenvalue weighted by Crippen LogP contribution is 2.30. The predicted octanol–water partition coefficient (Wildman–Crippen LogP) is 2.41. The summed E-state index contributed by atoms with van der Waals surface area (Å²) in [5, 5.41) is 2.73. The molecule has 132 valence electrons. The van der Waals surface area contributed by atoms with Crippen LogP contribution in [0.1, 0.15) is 38.2 Å². The van der Waals surface area contributed by atoms with Crippen LogP contribution in [-0.2, 0) is 16.1 Å². The lowest BCUT2D eigenvalue weighted by atomic mass is 10.1. The van der Waals surface area contributed by atoms with Crippen LogP contribution in [0.15, 0.2) is 24.3 Å². The van der Waals surface area contributed by atoms with Crippen molar-refractivity contribution in [1.29, 1.82) is 0 Å². The van der Waals surface area contributed by atoms with E-state index in [2.05, 4.69) is 34.5 Å². The van der Waals surface area contributed by atoms with E-state index in [0.29, 0.717) is 18.9 Å². The Morgan fingerprint density at radius 2 is 1.83 bits per heavy atom. The molecule has 0 unspecified atom stereocenters. The summed E-state index contributed by atoms with van der Waals surface area (Å²) in [5.74, 6) is 0.580. The van der Waals surface area contributed by atoms with Crippen molar-refractivity contribution in [3.05, 3.63) is 29.8 Å². The summed E-state index contributed by atoms with van der Waals surface area (Å²) >= 11 is 0. The van der Waals surface area contributed by atoms with Crippen LogP contribution in [0.25, 0.3) is 0 Å². The third-order valence-electron chi connectivity index (χ3n) is 4.27. The van der Waals surface area contributed by atoms with E-state index in [1.54, 1.807) is 0 Å². The van der Waals surface area contributed by atoms with Gasteiger partial charge in [0.05, 0.1) is 6.54 Å². The predicted molar refractivity (Wildman–Crippen MR) is 96.8 cm³/mol. The molecule has 0 heterocycles. The van der Waals surface area contributed by atoms with Crippen molar-refractivity contribution in [3.63, 3.8) is 0 Å². The van der Waals surface area contributed by atoms with Gasteiger partial charge in [0.15, 0.2) is 0 Å². The van der Waals surface area contributed by atoms with Crippen LogP contribution in [0, 0.1) is 5.92 Å². The molecule has 0 aromatic heterocycles.